The van der Waals surface area contributed by atoms with Crippen LogP contribution in [0.2, 0.25) is 0 Å². The Balaban J connectivity index is 1.69. The van der Waals surface area contributed by atoms with Gasteiger partial charge in [-0.05, 0) is 19.3 Å². The van der Waals surface area contributed by atoms with Gasteiger partial charge < -0.3 is 16.0 Å². The number of aromatic nitrogens is 3. The smallest absolute Gasteiger partial charge is 0.290 e. The monoisotopic (exact) mass is 418 g/mol. The summed E-state index contributed by atoms with van der Waals surface area (Å²) in [6, 6.07) is 7.10. The van der Waals surface area contributed by atoms with Crippen molar-refractivity contribution in [3.63, 3.8) is 0 Å². The molecule has 10 heteroatoms. The van der Waals surface area contributed by atoms with Crippen molar-refractivity contribution in [3.8, 4) is 0 Å². The molecule has 2 amide bonds. The van der Waals surface area contributed by atoms with E-state index in [-0.39, 0.29) is 23.3 Å². The molecule has 0 radical (unpaired) electrons. The van der Waals surface area contributed by atoms with Gasteiger partial charge in [0.25, 0.3) is 5.92 Å². The Morgan fingerprint density at radius 3 is 2.67 bits per heavy atom. The molecule has 0 saturated carbocycles. The first-order valence-electron chi connectivity index (χ1n) is 10.1. The van der Waals surface area contributed by atoms with Crippen molar-refractivity contribution in [3.05, 3.63) is 41.7 Å². The number of halogens is 2. The number of nitrogens with one attached hydrogen (secondary N) is 1. The number of carbonyl (C=O) groups is 2. The number of anilines is 1. The number of nitrogens with zero attached hydrogens (tertiary/aromatic N) is 4. The third kappa shape index (κ3) is 3.99. The van der Waals surface area contributed by atoms with E-state index in [1.165, 1.54) is 16.7 Å². The highest BCUT2D eigenvalue weighted by Gasteiger charge is 2.38. The van der Waals surface area contributed by atoms with Crippen LogP contribution < -0.4 is 16.0 Å². The predicted octanol–water partition coefficient (Wildman–Crippen LogP) is 1.72. The second-order valence-corrected chi connectivity index (χ2v) is 7.86. The standard InChI is InChI=1S/C20H24F2N6O2/c21-20(22,14-6-2-1-3-7-14)12-28-18(15-8-9-16(29)24-15)25-26-19(28)27-10-4-5-13(11-27)17(23)30/h1-3,6-7,13,15H,4-5,8-12H2,(H2,23,30)(H,24,29). The molecule has 2 unspecified atom stereocenters. The Morgan fingerprint density at radius 2 is 2.00 bits per heavy atom. The van der Waals surface area contributed by atoms with Crippen LogP contribution in [0, 0.1) is 5.92 Å². The average Bonchev–Trinajstić information content (AvgIpc) is 3.34. The fraction of sp³-hybridized carbons (Fsp3) is 0.500. The number of primary amides is 1. The van der Waals surface area contributed by atoms with Crippen LogP contribution in [0.5, 0.6) is 0 Å². The minimum atomic E-state index is -3.17. The lowest BCUT2D eigenvalue weighted by atomic mass is 9.98. The van der Waals surface area contributed by atoms with Crippen molar-refractivity contribution < 1.29 is 18.4 Å². The Morgan fingerprint density at radius 1 is 1.23 bits per heavy atom. The maximum Gasteiger partial charge on any atom is 0.290 e. The van der Waals surface area contributed by atoms with Crippen molar-refractivity contribution in [1.82, 2.24) is 20.1 Å². The molecule has 3 heterocycles. The second kappa shape index (κ2) is 8.00. The molecular formula is C20H24F2N6O2. The lowest BCUT2D eigenvalue weighted by Gasteiger charge is -2.32. The summed E-state index contributed by atoms with van der Waals surface area (Å²) in [5, 5.41) is 11.1. The van der Waals surface area contributed by atoms with Gasteiger partial charge >= 0.3 is 0 Å². The van der Waals surface area contributed by atoms with Gasteiger partial charge in [-0.1, -0.05) is 30.3 Å². The fourth-order valence-electron chi connectivity index (χ4n) is 4.12. The van der Waals surface area contributed by atoms with Crippen molar-refractivity contribution in [1.29, 1.82) is 0 Å². The lowest BCUT2D eigenvalue weighted by molar-refractivity contribution is -0.122. The zero-order valence-corrected chi connectivity index (χ0v) is 16.4. The normalized spacial score (nSPS) is 22.2. The molecule has 160 valence electrons. The molecule has 2 aromatic rings. The number of hydrogen-bond donors (Lipinski definition) is 2. The van der Waals surface area contributed by atoms with Gasteiger partial charge in [-0.15, -0.1) is 10.2 Å². The summed E-state index contributed by atoms with van der Waals surface area (Å²) in [5.74, 6) is -3.52. The number of benzene rings is 1. The van der Waals surface area contributed by atoms with Crippen LogP contribution >= 0.6 is 0 Å². The molecule has 2 atom stereocenters. The van der Waals surface area contributed by atoms with Crippen molar-refractivity contribution >= 4 is 17.8 Å². The van der Waals surface area contributed by atoms with Crippen LogP contribution in [-0.2, 0) is 22.1 Å². The highest BCUT2D eigenvalue weighted by Crippen LogP contribution is 2.35. The predicted molar refractivity (Wildman–Crippen MR) is 105 cm³/mol. The Bertz CT molecular complexity index is 933. The Kier molecular flexibility index (Phi) is 5.40. The number of rotatable bonds is 6. The molecule has 4 rings (SSSR count). The van der Waals surface area contributed by atoms with E-state index in [9.17, 15) is 9.59 Å². The SMILES string of the molecule is NC(=O)C1CCCN(c2nnc(C3CCC(=O)N3)n2CC(F)(F)c2ccccc2)C1. The summed E-state index contributed by atoms with van der Waals surface area (Å²) in [5.41, 5.74) is 5.36. The van der Waals surface area contributed by atoms with E-state index in [0.29, 0.717) is 44.6 Å². The summed E-state index contributed by atoms with van der Waals surface area (Å²) >= 11 is 0. The maximum absolute atomic E-state index is 15.2. The van der Waals surface area contributed by atoms with E-state index in [2.05, 4.69) is 15.5 Å². The van der Waals surface area contributed by atoms with Gasteiger partial charge in [0.05, 0.1) is 18.5 Å². The van der Waals surface area contributed by atoms with E-state index in [1.54, 1.807) is 23.1 Å². The first-order chi connectivity index (χ1) is 14.3. The summed E-state index contributed by atoms with van der Waals surface area (Å²) in [4.78, 5) is 25.1. The second-order valence-electron chi connectivity index (χ2n) is 7.86. The van der Waals surface area contributed by atoms with Crippen molar-refractivity contribution in [2.24, 2.45) is 11.7 Å². The van der Waals surface area contributed by atoms with Crippen LogP contribution in [0.15, 0.2) is 30.3 Å². The van der Waals surface area contributed by atoms with Crippen molar-refractivity contribution in [2.75, 3.05) is 18.0 Å². The molecule has 2 fully saturated rings. The number of amides is 2. The molecule has 1 aromatic heterocycles. The van der Waals surface area contributed by atoms with Crippen LogP contribution in [0.25, 0.3) is 0 Å². The van der Waals surface area contributed by atoms with Gasteiger partial charge in [0.2, 0.25) is 17.8 Å². The minimum absolute atomic E-state index is 0.111. The Labute approximate surface area is 172 Å². The third-order valence-corrected chi connectivity index (χ3v) is 5.73. The number of nitrogens with two attached hydrogens (primary N) is 1. The zero-order valence-electron chi connectivity index (χ0n) is 16.4. The molecule has 3 N–H and O–H groups in total. The molecule has 1 aromatic carbocycles. The largest absolute Gasteiger partial charge is 0.369 e. The highest BCUT2D eigenvalue weighted by molar-refractivity contribution is 5.78. The summed E-state index contributed by atoms with van der Waals surface area (Å²) < 4.78 is 31.7. The van der Waals surface area contributed by atoms with E-state index in [1.807, 2.05) is 0 Å². The van der Waals surface area contributed by atoms with Gasteiger partial charge in [0.15, 0.2) is 5.82 Å². The van der Waals surface area contributed by atoms with E-state index in [0.717, 1.165) is 0 Å². The van der Waals surface area contributed by atoms with Crippen molar-refractivity contribution in [2.45, 2.75) is 44.2 Å². The zero-order chi connectivity index (χ0) is 21.3. The molecule has 0 bridgehead atoms. The van der Waals surface area contributed by atoms with E-state index in [4.69, 9.17) is 5.73 Å². The van der Waals surface area contributed by atoms with Gasteiger partial charge in [0.1, 0.15) is 0 Å². The maximum atomic E-state index is 15.2. The van der Waals surface area contributed by atoms with Crippen LogP contribution in [0.3, 0.4) is 0 Å². The first kappa shape index (κ1) is 20.2. The minimum Gasteiger partial charge on any atom is -0.369 e. The molecule has 2 aliphatic rings. The van der Waals surface area contributed by atoms with E-state index < -0.39 is 24.4 Å². The summed E-state index contributed by atoms with van der Waals surface area (Å²) in [6.45, 7) is 0.204. The van der Waals surface area contributed by atoms with Crippen LogP contribution in [0.1, 0.15) is 43.1 Å². The molecule has 8 nitrogen and oxygen atoms in total. The Hall–Kier alpha value is -3.04. The molecular weight excluding hydrogens is 394 g/mol. The van der Waals surface area contributed by atoms with Gasteiger partial charge in [-0.3, -0.25) is 14.2 Å². The number of hydrogen-bond acceptors (Lipinski definition) is 5. The molecule has 30 heavy (non-hydrogen) atoms. The average molecular weight is 418 g/mol. The number of alkyl halides is 2. The molecule has 0 aliphatic carbocycles. The first-order valence-corrected chi connectivity index (χ1v) is 10.1. The number of piperidine rings is 1. The summed E-state index contributed by atoms with van der Waals surface area (Å²) in [7, 11) is 0. The van der Waals surface area contributed by atoms with Crippen LogP contribution in [0.4, 0.5) is 14.7 Å². The van der Waals surface area contributed by atoms with Gasteiger partial charge in [0, 0.05) is 25.1 Å². The highest BCUT2D eigenvalue weighted by atomic mass is 19.3. The molecule has 2 aliphatic heterocycles. The summed E-state index contributed by atoms with van der Waals surface area (Å²) in [6.07, 6.45) is 2.14. The van der Waals surface area contributed by atoms with Crippen LogP contribution in [-0.4, -0.2) is 39.7 Å². The third-order valence-electron chi connectivity index (χ3n) is 5.73. The van der Waals surface area contributed by atoms with Gasteiger partial charge in [-0.25, -0.2) is 0 Å². The number of carbonyl (C=O) groups excluding carboxylic acids is 2. The van der Waals surface area contributed by atoms with Gasteiger partial charge in [-0.2, -0.15) is 8.78 Å². The molecule has 0 spiro atoms. The molecule has 2 saturated heterocycles. The lowest BCUT2D eigenvalue weighted by Crippen LogP contribution is -2.42. The topological polar surface area (TPSA) is 106 Å². The fourth-order valence-corrected chi connectivity index (χ4v) is 4.12. The van der Waals surface area contributed by atoms with E-state index >= 15 is 8.78 Å². The quantitative estimate of drug-likeness (QED) is 0.743.